The number of nitrogens with one attached hydrogen (secondary N) is 1. The van der Waals surface area contributed by atoms with Gasteiger partial charge < -0.3 is 15.2 Å². The van der Waals surface area contributed by atoms with Gasteiger partial charge in [-0.05, 0) is 18.4 Å². The molecule has 2 rings (SSSR count). The van der Waals surface area contributed by atoms with Crippen molar-refractivity contribution in [2.24, 2.45) is 11.8 Å². The molecule has 0 radical (unpaired) electrons. The van der Waals surface area contributed by atoms with Crippen molar-refractivity contribution in [1.29, 1.82) is 0 Å². The topological polar surface area (TPSA) is 92.7 Å². The van der Waals surface area contributed by atoms with E-state index < -0.39 is 23.9 Å². The Balaban J connectivity index is 2.21. The van der Waals surface area contributed by atoms with Crippen molar-refractivity contribution in [1.82, 2.24) is 5.32 Å². The molecule has 0 saturated carbocycles. The SMILES string of the molecule is C[C@H]1C/C=C\C[C@@H](CC(=O)O)C(=O)OC[C@@H](c2ccccc2)NC1=O. The number of amides is 1. The summed E-state index contributed by atoms with van der Waals surface area (Å²) in [5, 5.41) is 11.9. The van der Waals surface area contributed by atoms with Crippen LogP contribution in [0.15, 0.2) is 42.5 Å². The van der Waals surface area contributed by atoms with Crippen LogP contribution in [0.4, 0.5) is 0 Å². The maximum atomic E-state index is 12.3. The van der Waals surface area contributed by atoms with E-state index in [0.29, 0.717) is 6.42 Å². The molecule has 0 fully saturated rings. The lowest BCUT2D eigenvalue weighted by molar-refractivity contribution is -0.154. The summed E-state index contributed by atoms with van der Waals surface area (Å²) in [6.07, 6.45) is 4.10. The normalized spacial score (nSPS) is 26.5. The summed E-state index contributed by atoms with van der Waals surface area (Å²) in [6.45, 7) is 1.80. The number of esters is 1. The fourth-order valence-electron chi connectivity index (χ4n) is 2.65. The number of carboxylic acid groups (broad SMARTS) is 1. The summed E-state index contributed by atoms with van der Waals surface area (Å²) in [5.41, 5.74) is 0.832. The van der Waals surface area contributed by atoms with Crippen molar-refractivity contribution in [2.75, 3.05) is 6.61 Å². The number of ether oxygens (including phenoxy) is 1. The number of allylic oxidation sites excluding steroid dienone is 2. The second kappa shape index (κ2) is 9.01. The van der Waals surface area contributed by atoms with Gasteiger partial charge in [-0.2, -0.15) is 0 Å². The number of carboxylic acids is 1. The standard InChI is InChI=1S/C19H23NO5/c1-13-7-5-6-10-15(11-17(21)22)19(24)25-12-16(20-18(13)23)14-8-3-2-4-9-14/h2-6,8-9,13,15-16H,7,10-12H2,1H3,(H,20,23)(H,21,22)/b6-5-/t13-,15-,16-/m0/s1. The molecule has 0 unspecified atom stereocenters. The summed E-state index contributed by atoms with van der Waals surface area (Å²) in [7, 11) is 0. The van der Waals surface area contributed by atoms with Crippen molar-refractivity contribution in [2.45, 2.75) is 32.2 Å². The maximum Gasteiger partial charge on any atom is 0.309 e. The maximum absolute atomic E-state index is 12.3. The predicted molar refractivity (Wildman–Crippen MR) is 91.6 cm³/mol. The van der Waals surface area contributed by atoms with E-state index in [4.69, 9.17) is 9.84 Å². The van der Waals surface area contributed by atoms with Gasteiger partial charge in [-0.15, -0.1) is 0 Å². The molecule has 0 aromatic heterocycles. The Morgan fingerprint density at radius 2 is 1.88 bits per heavy atom. The molecule has 0 bridgehead atoms. The summed E-state index contributed by atoms with van der Waals surface area (Å²) in [4.78, 5) is 35.6. The van der Waals surface area contributed by atoms with E-state index in [0.717, 1.165) is 5.56 Å². The molecule has 1 aromatic rings. The number of cyclic esters (lactones) is 1. The first-order chi connectivity index (χ1) is 12.0. The van der Waals surface area contributed by atoms with Gasteiger partial charge in [0.2, 0.25) is 5.91 Å². The molecule has 0 spiro atoms. The third-order valence-corrected chi connectivity index (χ3v) is 4.19. The molecule has 3 atom stereocenters. The van der Waals surface area contributed by atoms with Crippen molar-refractivity contribution in [3.8, 4) is 0 Å². The molecule has 1 amide bonds. The number of hydrogen-bond acceptors (Lipinski definition) is 4. The van der Waals surface area contributed by atoms with Gasteiger partial charge in [0.25, 0.3) is 0 Å². The first-order valence-electron chi connectivity index (χ1n) is 8.36. The van der Waals surface area contributed by atoms with Crippen LogP contribution in [0.25, 0.3) is 0 Å². The van der Waals surface area contributed by atoms with Gasteiger partial charge in [-0.25, -0.2) is 0 Å². The molecule has 6 nitrogen and oxygen atoms in total. The average Bonchev–Trinajstić information content (AvgIpc) is 2.60. The molecule has 25 heavy (non-hydrogen) atoms. The van der Waals surface area contributed by atoms with E-state index in [9.17, 15) is 14.4 Å². The van der Waals surface area contributed by atoms with Gasteiger partial charge in [-0.1, -0.05) is 49.4 Å². The van der Waals surface area contributed by atoms with Crippen LogP contribution in [-0.4, -0.2) is 29.6 Å². The van der Waals surface area contributed by atoms with E-state index in [1.807, 2.05) is 43.3 Å². The Morgan fingerprint density at radius 3 is 2.56 bits per heavy atom. The average molecular weight is 345 g/mol. The first kappa shape index (κ1) is 18.7. The molecule has 0 saturated heterocycles. The highest BCUT2D eigenvalue weighted by atomic mass is 16.5. The summed E-state index contributed by atoms with van der Waals surface area (Å²) < 4.78 is 5.33. The van der Waals surface area contributed by atoms with E-state index in [-0.39, 0.29) is 31.3 Å². The van der Waals surface area contributed by atoms with Crippen LogP contribution in [0, 0.1) is 11.8 Å². The number of benzene rings is 1. The van der Waals surface area contributed by atoms with Crippen LogP contribution in [0.5, 0.6) is 0 Å². The van der Waals surface area contributed by atoms with Crippen LogP contribution >= 0.6 is 0 Å². The van der Waals surface area contributed by atoms with E-state index >= 15 is 0 Å². The van der Waals surface area contributed by atoms with Crippen LogP contribution in [0.2, 0.25) is 0 Å². The molecule has 1 aliphatic rings. The molecule has 1 heterocycles. The van der Waals surface area contributed by atoms with E-state index in [1.54, 1.807) is 6.08 Å². The second-order valence-electron chi connectivity index (χ2n) is 6.24. The fourth-order valence-corrected chi connectivity index (χ4v) is 2.65. The predicted octanol–water partition coefficient (Wildman–Crippen LogP) is 2.46. The third-order valence-electron chi connectivity index (χ3n) is 4.19. The highest BCUT2D eigenvalue weighted by Crippen LogP contribution is 2.19. The van der Waals surface area contributed by atoms with Gasteiger partial charge in [0, 0.05) is 5.92 Å². The Kier molecular flexibility index (Phi) is 6.74. The van der Waals surface area contributed by atoms with Crippen molar-refractivity contribution in [3.05, 3.63) is 48.0 Å². The lowest BCUT2D eigenvalue weighted by atomic mass is 9.99. The van der Waals surface area contributed by atoms with Gasteiger partial charge in [0.15, 0.2) is 0 Å². The Hall–Kier alpha value is -2.63. The minimum Gasteiger partial charge on any atom is -0.481 e. The van der Waals surface area contributed by atoms with Gasteiger partial charge >= 0.3 is 11.9 Å². The van der Waals surface area contributed by atoms with Crippen LogP contribution in [0.3, 0.4) is 0 Å². The zero-order valence-electron chi connectivity index (χ0n) is 14.2. The zero-order valence-corrected chi connectivity index (χ0v) is 14.2. The van der Waals surface area contributed by atoms with Gasteiger partial charge in [0.05, 0.1) is 18.4 Å². The monoisotopic (exact) mass is 345 g/mol. The van der Waals surface area contributed by atoms with Crippen LogP contribution in [0.1, 0.15) is 37.8 Å². The number of hydrogen-bond donors (Lipinski definition) is 2. The summed E-state index contributed by atoms with van der Waals surface area (Å²) in [6, 6.07) is 8.79. The summed E-state index contributed by atoms with van der Waals surface area (Å²) in [5.74, 6) is -2.66. The largest absolute Gasteiger partial charge is 0.481 e. The van der Waals surface area contributed by atoms with Crippen LogP contribution in [-0.2, 0) is 19.1 Å². The number of carbonyl (C=O) groups excluding carboxylic acids is 2. The smallest absolute Gasteiger partial charge is 0.309 e. The number of rotatable bonds is 3. The first-order valence-corrected chi connectivity index (χ1v) is 8.36. The Bertz CT molecular complexity index is 640. The summed E-state index contributed by atoms with van der Waals surface area (Å²) >= 11 is 0. The highest BCUT2D eigenvalue weighted by Gasteiger charge is 2.25. The molecular weight excluding hydrogens is 322 g/mol. The molecule has 134 valence electrons. The fraction of sp³-hybridized carbons (Fsp3) is 0.421. The molecule has 1 aliphatic heterocycles. The molecule has 2 N–H and O–H groups in total. The molecule has 6 heteroatoms. The highest BCUT2D eigenvalue weighted by molar-refractivity contribution is 5.80. The number of carbonyl (C=O) groups is 3. The minimum atomic E-state index is -1.04. The second-order valence-corrected chi connectivity index (χ2v) is 6.24. The molecule has 1 aromatic carbocycles. The van der Waals surface area contributed by atoms with Gasteiger partial charge in [0.1, 0.15) is 6.61 Å². The van der Waals surface area contributed by atoms with E-state index in [1.165, 1.54) is 0 Å². The van der Waals surface area contributed by atoms with Crippen molar-refractivity contribution in [3.63, 3.8) is 0 Å². The Labute approximate surface area is 146 Å². The minimum absolute atomic E-state index is 0.0266. The van der Waals surface area contributed by atoms with Crippen LogP contribution < -0.4 is 5.32 Å². The lowest BCUT2D eigenvalue weighted by Crippen LogP contribution is -2.36. The zero-order chi connectivity index (χ0) is 18.2. The number of aliphatic carboxylic acids is 1. The lowest BCUT2D eigenvalue weighted by Gasteiger charge is -2.23. The molecular formula is C19H23NO5. The quantitative estimate of drug-likeness (QED) is 0.648. The molecule has 0 aliphatic carbocycles. The van der Waals surface area contributed by atoms with E-state index in [2.05, 4.69) is 5.32 Å². The third kappa shape index (κ3) is 5.74. The Morgan fingerprint density at radius 1 is 1.20 bits per heavy atom. The van der Waals surface area contributed by atoms with Gasteiger partial charge in [-0.3, -0.25) is 14.4 Å². The van der Waals surface area contributed by atoms with Crippen molar-refractivity contribution >= 4 is 17.8 Å². The van der Waals surface area contributed by atoms with Crippen molar-refractivity contribution < 1.29 is 24.2 Å².